The smallest absolute Gasteiger partial charge is 0.257 e. The van der Waals surface area contributed by atoms with Crippen LogP contribution in [0.4, 0.5) is 5.82 Å². The van der Waals surface area contributed by atoms with Gasteiger partial charge in [0.25, 0.3) is 5.91 Å². The second-order valence-corrected chi connectivity index (χ2v) is 5.09. The fourth-order valence-corrected chi connectivity index (χ4v) is 2.35. The second-order valence-electron chi connectivity index (χ2n) is 4.30. The summed E-state index contributed by atoms with van der Waals surface area (Å²) < 4.78 is 0. The number of amides is 1. The number of aromatic nitrogens is 2. The Bertz CT molecular complexity index is 836. The first-order valence-corrected chi connectivity index (χ1v) is 6.88. The molecule has 2 heterocycles. The van der Waals surface area contributed by atoms with Crippen molar-refractivity contribution in [2.24, 2.45) is 0 Å². The second kappa shape index (κ2) is 5.68. The van der Waals surface area contributed by atoms with Gasteiger partial charge in [-0.3, -0.25) is 4.79 Å². The Morgan fingerprint density at radius 3 is 2.71 bits per heavy atom. The molecule has 1 aromatic carbocycles. The average molecular weight is 318 g/mol. The number of hydrogen-bond acceptors (Lipinski definition) is 3. The lowest BCUT2D eigenvalue weighted by atomic mass is 10.1. The van der Waals surface area contributed by atoms with E-state index in [4.69, 9.17) is 23.2 Å². The number of carbonyl (C=O) groups excluding carboxylic acids is 1. The zero-order valence-corrected chi connectivity index (χ0v) is 12.2. The Balaban J connectivity index is 2.04. The van der Waals surface area contributed by atoms with Crippen LogP contribution in [-0.4, -0.2) is 15.9 Å². The molecule has 0 spiro atoms. The summed E-state index contributed by atoms with van der Waals surface area (Å²) in [5.74, 6) is -0.0303. The van der Waals surface area contributed by atoms with Gasteiger partial charge in [0.1, 0.15) is 5.15 Å². The van der Waals surface area contributed by atoms with Gasteiger partial charge in [-0.25, -0.2) is 9.97 Å². The lowest BCUT2D eigenvalue weighted by molar-refractivity contribution is 0.102. The van der Waals surface area contributed by atoms with E-state index in [-0.39, 0.29) is 11.1 Å². The van der Waals surface area contributed by atoms with Crippen LogP contribution in [0.15, 0.2) is 48.7 Å². The Kier molecular flexibility index (Phi) is 3.73. The highest BCUT2D eigenvalue weighted by Gasteiger charge is 2.14. The van der Waals surface area contributed by atoms with Crippen LogP contribution in [0.5, 0.6) is 0 Å². The number of rotatable bonds is 2. The SMILES string of the molecule is O=C(Nc1ncccc1Cl)c1cc(Cl)nc2ccccc12. The van der Waals surface area contributed by atoms with Gasteiger partial charge < -0.3 is 5.32 Å². The number of nitrogens with zero attached hydrogens (tertiary/aromatic N) is 2. The van der Waals surface area contributed by atoms with Gasteiger partial charge in [-0.2, -0.15) is 0 Å². The number of fused-ring (bicyclic) bond motifs is 1. The summed E-state index contributed by atoms with van der Waals surface area (Å²) in [5, 5.41) is 4.02. The van der Waals surface area contributed by atoms with E-state index in [9.17, 15) is 4.79 Å². The quantitative estimate of drug-likeness (QED) is 0.721. The maximum atomic E-state index is 12.4. The Morgan fingerprint density at radius 2 is 1.90 bits per heavy atom. The van der Waals surface area contributed by atoms with Gasteiger partial charge in [0.05, 0.1) is 16.1 Å². The topological polar surface area (TPSA) is 54.9 Å². The molecule has 0 unspecified atom stereocenters. The fraction of sp³-hybridized carbons (Fsp3) is 0. The minimum absolute atomic E-state index is 0.256. The molecule has 21 heavy (non-hydrogen) atoms. The highest BCUT2D eigenvalue weighted by Crippen LogP contribution is 2.23. The molecule has 0 radical (unpaired) electrons. The summed E-state index contributed by atoms with van der Waals surface area (Å²) in [6, 6.07) is 12.2. The van der Waals surface area contributed by atoms with Crippen LogP contribution in [-0.2, 0) is 0 Å². The molecular formula is C15H9Cl2N3O. The molecule has 0 aliphatic rings. The van der Waals surface area contributed by atoms with E-state index < -0.39 is 0 Å². The van der Waals surface area contributed by atoms with E-state index >= 15 is 0 Å². The fourth-order valence-electron chi connectivity index (χ4n) is 1.98. The van der Waals surface area contributed by atoms with E-state index in [0.717, 1.165) is 0 Å². The molecule has 2 aromatic heterocycles. The third kappa shape index (κ3) is 2.82. The molecule has 0 aliphatic carbocycles. The maximum Gasteiger partial charge on any atom is 0.257 e. The molecule has 0 bridgehead atoms. The number of anilines is 1. The van der Waals surface area contributed by atoms with E-state index in [1.807, 2.05) is 18.2 Å². The maximum absolute atomic E-state index is 12.4. The molecule has 0 saturated carbocycles. The predicted octanol–water partition coefficient (Wildman–Crippen LogP) is 4.19. The molecule has 0 aliphatic heterocycles. The normalized spacial score (nSPS) is 10.6. The molecule has 0 atom stereocenters. The summed E-state index contributed by atoms with van der Waals surface area (Å²) >= 11 is 12.0. The van der Waals surface area contributed by atoms with Crippen LogP contribution in [0.1, 0.15) is 10.4 Å². The molecular weight excluding hydrogens is 309 g/mol. The van der Waals surface area contributed by atoms with Crippen molar-refractivity contribution < 1.29 is 4.79 Å². The first kappa shape index (κ1) is 13.8. The Hall–Kier alpha value is -2.17. The molecule has 1 N–H and O–H groups in total. The first-order chi connectivity index (χ1) is 10.1. The van der Waals surface area contributed by atoms with Gasteiger partial charge in [-0.05, 0) is 24.3 Å². The summed E-state index contributed by atoms with van der Waals surface area (Å²) in [7, 11) is 0. The summed E-state index contributed by atoms with van der Waals surface area (Å²) in [4.78, 5) is 20.7. The first-order valence-electron chi connectivity index (χ1n) is 6.12. The lowest BCUT2D eigenvalue weighted by Gasteiger charge is -2.08. The number of para-hydroxylation sites is 1. The van der Waals surface area contributed by atoms with Gasteiger partial charge in [-0.15, -0.1) is 0 Å². The lowest BCUT2D eigenvalue weighted by Crippen LogP contribution is -2.14. The predicted molar refractivity (Wildman–Crippen MR) is 84.0 cm³/mol. The van der Waals surface area contributed by atoms with Crippen LogP contribution in [0, 0.1) is 0 Å². The number of halogens is 2. The third-order valence-electron chi connectivity index (χ3n) is 2.92. The molecule has 3 aromatic rings. The molecule has 1 amide bonds. The highest BCUT2D eigenvalue weighted by atomic mass is 35.5. The van der Waals surface area contributed by atoms with Crippen molar-refractivity contribution in [1.29, 1.82) is 0 Å². The highest BCUT2D eigenvalue weighted by molar-refractivity contribution is 6.34. The summed E-state index contributed by atoms with van der Waals surface area (Å²) in [5.41, 5.74) is 1.08. The summed E-state index contributed by atoms with van der Waals surface area (Å²) in [6.07, 6.45) is 1.55. The van der Waals surface area contributed by atoms with Crippen molar-refractivity contribution in [1.82, 2.24) is 9.97 Å². The van der Waals surface area contributed by atoms with Gasteiger partial charge in [0, 0.05) is 11.6 Å². The number of hydrogen-bond donors (Lipinski definition) is 1. The summed E-state index contributed by atoms with van der Waals surface area (Å²) in [6.45, 7) is 0. The van der Waals surface area contributed by atoms with Crippen molar-refractivity contribution in [3.8, 4) is 0 Å². The monoisotopic (exact) mass is 317 g/mol. The minimum Gasteiger partial charge on any atom is -0.305 e. The van der Waals surface area contributed by atoms with E-state index in [0.29, 0.717) is 27.3 Å². The number of nitrogens with one attached hydrogen (secondary N) is 1. The van der Waals surface area contributed by atoms with E-state index in [2.05, 4.69) is 15.3 Å². The molecule has 104 valence electrons. The van der Waals surface area contributed by atoms with Crippen LogP contribution in [0.2, 0.25) is 10.2 Å². The van der Waals surface area contributed by atoms with Gasteiger partial charge >= 0.3 is 0 Å². The number of carbonyl (C=O) groups is 1. The van der Waals surface area contributed by atoms with Crippen LogP contribution >= 0.6 is 23.2 Å². The van der Waals surface area contributed by atoms with Gasteiger partial charge in [0.15, 0.2) is 5.82 Å². The largest absolute Gasteiger partial charge is 0.305 e. The van der Waals surface area contributed by atoms with Crippen molar-refractivity contribution in [2.75, 3.05) is 5.32 Å². The minimum atomic E-state index is -0.337. The van der Waals surface area contributed by atoms with Gasteiger partial charge in [-0.1, -0.05) is 41.4 Å². The molecule has 0 saturated heterocycles. The molecule has 6 heteroatoms. The Morgan fingerprint density at radius 1 is 1.10 bits per heavy atom. The van der Waals surface area contributed by atoms with Crippen molar-refractivity contribution in [2.45, 2.75) is 0 Å². The van der Waals surface area contributed by atoms with Crippen molar-refractivity contribution >= 4 is 45.8 Å². The van der Waals surface area contributed by atoms with Crippen LogP contribution in [0.25, 0.3) is 10.9 Å². The molecule has 3 rings (SSSR count). The molecule has 0 fully saturated rings. The third-order valence-corrected chi connectivity index (χ3v) is 3.42. The van der Waals surface area contributed by atoms with Crippen LogP contribution < -0.4 is 5.32 Å². The van der Waals surface area contributed by atoms with Crippen LogP contribution in [0.3, 0.4) is 0 Å². The van der Waals surface area contributed by atoms with E-state index in [1.54, 1.807) is 24.4 Å². The van der Waals surface area contributed by atoms with Crippen molar-refractivity contribution in [3.05, 3.63) is 64.4 Å². The zero-order chi connectivity index (χ0) is 14.8. The average Bonchev–Trinajstić information content (AvgIpc) is 2.48. The Labute approximate surface area is 130 Å². The van der Waals surface area contributed by atoms with Crippen molar-refractivity contribution in [3.63, 3.8) is 0 Å². The zero-order valence-electron chi connectivity index (χ0n) is 10.7. The molecule has 4 nitrogen and oxygen atoms in total. The van der Waals surface area contributed by atoms with E-state index in [1.165, 1.54) is 6.07 Å². The number of pyridine rings is 2. The van der Waals surface area contributed by atoms with Gasteiger partial charge in [0.2, 0.25) is 0 Å². The number of benzene rings is 1. The standard InChI is InChI=1S/C15H9Cl2N3O/c16-11-5-3-7-18-14(11)20-15(21)10-8-13(17)19-12-6-2-1-4-9(10)12/h1-8H,(H,18,20,21).